The lowest BCUT2D eigenvalue weighted by Crippen LogP contribution is -2.52. The lowest BCUT2D eigenvalue weighted by molar-refractivity contribution is -0.120. The minimum absolute atomic E-state index is 0.0281. The van der Waals surface area contributed by atoms with Gasteiger partial charge in [0.25, 0.3) is 5.91 Å². The van der Waals surface area contributed by atoms with Gasteiger partial charge in [0, 0.05) is 43.5 Å². The van der Waals surface area contributed by atoms with Crippen LogP contribution in [-0.2, 0) is 4.79 Å². The fraction of sp³-hybridized carbons (Fsp3) is 0.481. The van der Waals surface area contributed by atoms with E-state index in [-0.39, 0.29) is 24.5 Å². The number of piperidine rings is 1. The number of amides is 2. The number of ether oxygens (including phenoxy) is 2. The van der Waals surface area contributed by atoms with Gasteiger partial charge in [0.15, 0.2) is 0 Å². The van der Waals surface area contributed by atoms with E-state index >= 15 is 0 Å². The average Bonchev–Trinajstić information content (AvgIpc) is 2.84. The summed E-state index contributed by atoms with van der Waals surface area (Å²) in [6, 6.07) is 13.5. The van der Waals surface area contributed by atoms with Crippen LogP contribution < -0.4 is 14.4 Å². The Morgan fingerprint density at radius 2 is 1.71 bits per heavy atom. The lowest BCUT2D eigenvalue weighted by atomic mass is 9.90. The highest BCUT2D eigenvalue weighted by atomic mass is 35.5. The van der Waals surface area contributed by atoms with Crippen LogP contribution in [0.5, 0.6) is 11.5 Å². The molecule has 0 bridgehead atoms. The van der Waals surface area contributed by atoms with E-state index in [9.17, 15) is 9.59 Å². The van der Waals surface area contributed by atoms with Crippen molar-refractivity contribution in [2.45, 2.75) is 44.2 Å². The number of carbonyl (C=O) groups is 2. The molecule has 2 saturated heterocycles. The van der Waals surface area contributed by atoms with E-state index in [0.717, 1.165) is 43.4 Å². The van der Waals surface area contributed by atoms with E-state index in [4.69, 9.17) is 21.1 Å². The van der Waals surface area contributed by atoms with Gasteiger partial charge >= 0.3 is 0 Å². The summed E-state index contributed by atoms with van der Waals surface area (Å²) in [5.41, 5.74) is 1.26. The van der Waals surface area contributed by atoms with Crippen LogP contribution in [0.15, 0.2) is 42.5 Å². The van der Waals surface area contributed by atoms with Gasteiger partial charge in [0.1, 0.15) is 24.1 Å². The quantitative estimate of drug-likeness (QED) is 0.597. The Morgan fingerprint density at radius 3 is 2.31 bits per heavy atom. The fourth-order valence-electron chi connectivity index (χ4n) is 5.11. The molecule has 0 aromatic heterocycles. The van der Waals surface area contributed by atoms with Gasteiger partial charge in [-0.2, -0.15) is 0 Å². The topological polar surface area (TPSA) is 62.3 Å². The van der Waals surface area contributed by atoms with Crippen molar-refractivity contribution in [1.82, 2.24) is 9.80 Å². The largest absolute Gasteiger partial charge is 0.495 e. The Labute approximate surface area is 211 Å². The third-order valence-corrected chi connectivity index (χ3v) is 7.72. The van der Waals surface area contributed by atoms with E-state index < -0.39 is 0 Å². The summed E-state index contributed by atoms with van der Waals surface area (Å²) in [6.07, 6.45) is 6.45. The van der Waals surface area contributed by atoms with Crippen LogP contribution in [0.2, 0.25) is 5.02 Å². The summed E-state index contributed by atoms with van der Waals surface area (Å²) in [4.78, 5) is 31.7. The standard InChI is InChI=1S/C27H32ClN3O4/c1-34-25-10-5-19(17-24(25)28)27(33)30-15-16-31(26(32)18-30)21-6-8-22(9-7-21)35-23-11-13-29(14-12-23)20-3-2-4-20/h5-10,17,20,23H,2-4,11-16,18H2,1H3. The van der Waals surface area contributed by atoms with Gasteiger partial charge in [0.05, 0.1) is 12.1 Å². The molecule has 0 radical (unpaired) electrons. The molecule has 35 heavy (non-hydrogen) atoms. The number of anilines is 1. The Kier molecular flexibility index (Phi) is 7.16. The second-order valence-corrected chi connectivity index (χ2v) is 9.96. The predicted molar refractivity (Wildman–Crippen MR) is 136 cm³/mol. The number of benzene rings is 2. The van der Waals surface area contributed by atoms with Crippen molar-refractivity contribution in [3.8, 4) is 11.5 Å². The zero-order valence-corrected chi connectivity index (χ0v) is 20.9. The summed E-state index contributed by atoms with van der Waals surface area (Å²) < 4.78 is 11.4. The number of carbonyl (C=O) groups excluding carboxylic acids is 2. The molecule has 2 amide bonds. The molecule has 7 nitrogen and oxygen atoms in total. The molecular weight excluding hydrogens is 466 g/mol. The molecule has 2 heterocycles. The highest BCUT2D eigenvalue weighted by Gasteiger charge is 2.30. The van der Waals surface area contributed by atoms with Crippen LogP contribution >= 0.6 is 11.6 Å². The van der Waals surface area contributed by atoms with Crippen LogP contribution in [0.1, 0.15) is 42.5 Å². The molecule has 3 fully saturated rings. The average molecular weight is 498 g/mol. The number of hydrogen-bond acceptors (Lipinski definition) is 5. The molecular formula is C27H32ClN3O4. The Hall–Kier alpha value is -2.77. The van der Waals surface area contributed by atoms with Crippen molar-refractivity contribution in [2.24, 2.45) is 0 Å². The van der Waals surface area contributed by atoms with Crippen molar-refractivity contribution in [1.29, 1.82) is 0 Å². The molecule has 2 aromatic carbocycles. The van der Waals surface area contributed by atoms with Gasteiger partial charge < -0.3 is 24.2 Å². The first-order valence-corrected chi connectivity index (χ1v) is 12.8. The lowest BCUT2D eigenvalue weighted by Gasteiger charge is -2.41. The first-order valence-electron chi connectivity index (χ1n) is 12.5. The van der Waals surface area contributed by atoms with Crippen LogP contribution in [0, 0.1) is 0 Å². The minimum atomic E-state index is -0.213. The zero-order valence-electron chi connectivity index (χ0n) is 20.1. The van der Waals surface area contributed by atoms with Gasteiger partial charge in [-0.15, -0.1) is 0 Å². The summed E-state index contributed by atoms with van der Waals surface area (Å²) >= 11 is 6.16. The minimum Gasteiger partial charge on any atom is -0.495 e. The van der Waals surface area contributed by atoms with E-state index in [2.05, 4.69) is 4.90 Å². The van der Waals surface area contributed by atoms with Gasteiger partial charge in [0.2, 0.25) is 5.91 Å². The summed E-state index contributed by atoms with van der Waals surface area (Å²) in [7, 11) is 1.53. The van der Waals surface area contributed by atoms with E-state index in [1.165, 1.54) is 26.4 Å². The van der Waals surface area contributed by atoms with Crippen LogP contribution in [0.3, 0.4) is 0 Å². The highest BCUT2D eigenvalue weighted by molar-refractivity contribution is 6.32. The number of likely N-dealkylation sites (tertiary alicyclic amines) is 1. The third kappa shape index (κ3) is 5.26. The number of rotatable bonds is 6. The number of halogens is 1. The number of piperazine rings is 1. The second-order valence-electron chi connectivity index (χ2n) is 9.55. The smallest absolute Gasteiger partial charge is 0.254 e. The Bertz CT molecular complexity index is 1060. The second kappa shape index (κ2) is 10.5. The van der Waals surface area contributed by atoms with E-state index in [1.54, 1.807) is 28.0 Å². The molecule has 186 valence electrons. The molecule has 1 aliphatic carbocycles. The maximum atomic E-state index is 12.9. The van der Waals surface area contributed by atoms with Crippen molar-refractivity contribution in [3.63, 3.8) is 0 Å². The Morgan fingerprint density at radius 1 is 0.971 bits per heavy atom. The SMILES string of the molecule is COc1ccc(C(=O)N2CCN(c3ccc(OC4CCN(C5CCC5)CC4)cc3)C(=O)C2)cc1Cl. The van der Waals surface area contributed by atoms with Crippen LogP contribution in [-0.4, -0.2) is 73.6 Å². The number of methoxy groups -OCH3 is 1. The van der Waals surface area contributed by atoms with Gasteiger partial charge in [-0.1, -0.05) is 18.0 Å². The molecule has 8 heteroatoms. The van der Waals surface area contributed by atoms with Crippen molar-refractivity contribution in [3.05, 3.63) is 53.1 Å². The normalized spacial score (nSPS) is 20.0. The molecule has 0 unspecified atom stereocenters. The van der Waals surface area contributed by atoms with E-state index in [0.29, 0.717) is 29.4 Å². The van der Waals surface area contributed by atoms with Gasteiger partial charge in [-0.3, -0.25) is 9.59 Å². The monoisotopic (exact) mass is 497 g/mol. The van der Waals surface area contributed by atoms with Crippen LogP contribution in [0.4, 0.5) is 5.69 Å². The first-order chi connectivity index (χ1) is 17.0. The van der Waals surface area contributed by atoms with E-state index in [1.807, 2.05) is 24.3 Å². The number of hydrogen-bond donors (Lipinski definition) is 0. The molecule has 0 N–H and O–H groups in total. The summed E-state index contributed by atoms with van der Waals surface area (Å²) in [6.45, 7) is 3.15. The predicted octanol–water partition coefficient (Wildman–Crippen LogP) is 4.23. The van der Waals surface area contributed by atoms with Crippen molar-refractivity contribution < 1.29 is 19.1 Å². The van der Waals surface area contributed by atoms with Gasteiger partial charge in [-0.25, -0.2) is 0 Å². The molecule has 0 atom stereocenters. The fourth-order valence-corrected chi connectivity index (χ4v) is 5.37. The van der Waals surface area contributed by atoms with Gasteiger partial charge in [-0.05, 0) is 68.1 Å². The third-order valence-electron chi connectivity index (χ3n) is 7.43. The maximum absolute atomic E-state index is 12.9. The number of nitrogens with zero attached hydrogens (tertiary/aromatic N) is 3. The Balaban J connectivity index is 1.14. The van der Waals surface area contributed by atoms with Crippen molar-refractivity contribution in [2.75, 3.05) is 44.7 Å². The molecule has 1 saturated carbocycles. The molecule has 0 spiro atoms. The zero-order chi connectivity index (χ0) is 24.4. The maximum Gasteiger partial charge on any atom is 0.254 e. The summed E-state index contributed by atoms with van der Waals surface area (Å²) in [5.74, 6) is 1.03. The molecule has 5 rings (SSSR count). The first kappa shape index (κ1) is 23.9. The highest BCUT2D eigenvalue weighted by Crippen LogP contribution is 2.30. The summed E-state index contributed by atoms with van der Waals surface area (Å²) in [5, 5.41) is 0.370. The van der Waals surface area contributed by atoms with Crippen LogP contribution in [0.25, 0.3) is 0 Å². The van der Waals surface area contributed by atoms with Crippen molar-refractivity contribution >= 4 is 29.1 Å². The molecule has 3 aliphatic rings. The molecule has 2 aliphatic heterocycles. The molecule has 2 aromatic rings.